The summed E-state index contributed by atoms with van der Waals surface area (Å²) < 4.78 is 43.8. The standard InChI is InChI=1S/C26H31F3N4O3/c1-36-22-7-3-5-18(13-22)25(30)10-8-21(9-11-25)33-15-20(16-33)32-23(34)14-31-24(35)17-4-2-6-19(12-17)26(27,28)29/h2-7,12-13,20-21H,8-11,14-16,30H2,1H3,(H,31,35)(H,32,34)/t21-,25-. The molecule has 0 aromatic heterocycles. The molecule has 2 aromatic rings. The number of methoxy groups -OCH3 is 1. The summed E-state index contributed by atoms with van der Waals surface area (Å²) in [6.07, 6.45) is -0.897. The van der Waals surface area contributed by atoms with E-state index in [1.54, 1.807) is 7.11 Å². The summed E-state index contributed by atoms with van der Waals surface area (Å²) in [7, 11) is 1.64. The second-order valence-electron chi connectivity index (χ2n) is 9.60. The zero-order chi connectivity index (χ0) is 25.9. The Bertz CT molecular complexity index is 1090. The maximum Gasteiger partial charge on any atom is 0.416 e. The fraction of sp³-hybridized carbons (Fsp3) is 0.462. The van der Waals surface area contributed by atoms with Gasteiger partial charge in [-0.2, -0.15) is 13.2 Å². The highest BCUT2D eigenvalue weighted by atomic mass is 19.4. The van der Waals surface area contributed by atoms with Crippen molar-refractivity contribution in [1.29, 1.82) is 0 Å². The van der Waals surface area contributed by atoms with Crippen molar-refractivity contribution in [3.63, 3.8) is 0 Å². The molecule has 4 N–H and O–H groups in total. The second kappa shape index (κ2) is 10.5. The SMILES string of the molecule is COc1cccc([C@]2(N)CC[C@H](N3CC(NC(=O)CNC(=O)c4cccc(C(F)(F)F)c4)C3)CC2)c1. The molecule has 1 saturated carbocycles. The zero-order valence-corrected chi connectivity index (χ0v) is 20.1. The molecule has 1 aliphatic heterocycles. The quantitative estimate of drug-likeness (QED) is 0.539. The van der Waals surface area contributed by atoms with Crippen LogP contribution in [0.5, 0.6) is 5.75 Å². The van der Waals surface area contributed by atoms with Gasteiger partial charge in [0.25, 0.3) is 5.91 Å². The van der Waals surface area contributed by atoms with E-state index in [9.17, 15) is 22.8 Å². The van der Waals surface area contributed by atoms with E-state index in [4.69, 9.17) is 10.5 Å². The number of likely N-dealkylation sites (tertiary alicyclic amines) is 1. The van der Waals surface area contributed by atoms with Crippen molar-refractivity contribution in [2.75, 3.05) is 26.7 Å². The summed E-state index contributed by atoms with van der Waals surface area (Å²) in [6.45, 7) is 1.13. The Labute approximate surface area is 208 Å². The minimum atomic E-state index is -4.54. The van der Waals surface area contributed by atoms with Crippen molar-refractivity contribution < 1.29 is 27.5 Å². The number of nitrogens with one attached hydrogen (secondary N) is 2. The summed E-state index contributed by atoms with van der Waals surface area (Å²) in [4.78, 5) is 26.7. The average molecular weight is 505 g/mol. The van der Waals surface area contributed by atoms with E-state index in [-0.39, 0.29) is 29.6 Å². The fourth-order valence-corrected chi connectivity index (χ4v) is 4.98. The Morgan fingerprint density at radius 3 is 2.47 bits per heavy atom. The van der Waals surface area contributed by atoms with Crippen LogP contribution < -0.4 is 21.1 Å². The van der Waals surface area contributed by atoms with Gasteiger partial charge in [-0.25, -0.2) is 0 Å². The van der Waals surface area contributed by atoms with Crippen LogP contribution in [0.15, 0.2) is 48.5 Å². The van der Waals surface area contributed by atoms with Gasteiger partial charge in [0.1, 0.15) is 5.75 Å². The van der Waals surface area contributed by atoms with Gasteiger partial charge in [0.05, 0.1) is 25.3 Å². The first-order valence-corrected chi connectivity index (χ1v) is 12.0. The first-order valence-electron chi connectivity index (χ1n) is 12.0. The van der Waals surface area contributed by atoms with Crippen LogP contribution in [0.25, 0.3) is 0 Å². The molecule has 0 atom stereocenters. The van der Waals surface area contributed by atoms with Crippen LogP contribution in [0.4, 0.5) is 13.2 Å². The molecule has 1 heterocycles. The molecule has 36 heavy (non-hydrogen) atoms. The number of hydrogen-bond acceptors (Lipinski definition) is 5. The lowest BCUT2D eigenvalue weighted by Gasteiger charge is -2.48. The number of rotatable bonds is 7. The van der Waals surface area contributed by atoms with E-state index < -0.39 is 17.6 Å². The van der Waals surface area contributed by atoms with Crippen LogP contribution in [0, 0.1) is 0 Å². The zero-order valence-electron chi connectivity index (χ0n) is 20.1. The van der Waals surface area contributed by atoms with Crippen LogP contribution in [0.3, 0.4) is 0 Å². The number of nitrogens with zero attached hydrogens (tertiary/aromatic N) is 1. The summed E-state index contributed by atoms with van der Waals surface area (Å²) >= 11 is 0. The van der Waals surface area contributed by atoms with Crippen LogP contribution in [0.1, 0.15) is 47.2 Å². The molecule has 0 bridgehead atoms. The minimum absolute atomic E-state index is 0.0223. The lowest BCUT2D eigenvalue weighted by Crippen LogP contribution is -2.63. The van der Waals surface area contributed by atoms with Crippen molar-refractivity contribution in [2.24, 2.45) is 5.73 Å². The van der Waals surface area contributed by atoms with Crippen molar-refractivity contribution in [2.45, 2.75) is 49.5 Å². The number of amides is 2. The van der Waals surface area contributed by atoms with E-state index >= 15 is 0 Å². The van der Waals surface area contributed by atoms with E-state index in [0.717, 1.165) is 55.2 Å². The van der Waals surface area contributed by atoms with Crippen LogP contribution in [0.2, 0.25) is 0 Å². The number of benzene rings is 2. The molecule has 0 unspecified atom stereocenters. The van der Waals surface area contributed by atoms with Gasteiger partial charge in [-0.05, 0) is 61.6 Å². The number of carbonyl (C=O) groups is 2. The number of ether oxygens (including phenoxy) is 1. The lowest BCUT2D eigenvalue weighted by atomic mass is 9.74. The molecule has 0 radical (unpaired) electrons. The Kier molecular flexibility index (Phi) is 7.56. The van der Waals surface area contributed by atoms with Gasteiger partial charge in [-0.3, -0.25) is 14.5 Å². The summed E-state index contributed by atoms with van der Waals surface area (Å²) in [5.41, 5.74) is 6.38. The Morgan fingerprint density at radius 1 is 1.11 bits per heavy atom. The van der Waals surface area contributed by atoms with E-state index in [0.29, 0.717) is 19.1 Å². The van der Waals surface area contributed by atoms with Crippen LogP contribution in [-0.4, -0.2) is 55.5 Å². The predicted molar refractivity (Wildman–Crippen MR) is 128 cm³/mol. The Morgan fingerprint density at radius 2 is 1.81 bits per heavy atom. The molecule has 0 spiro atoms. The van der Waals surface area contributed by atoms with Gasteiger partial charge in [0.2, 0.25) is 5.91 Å². The third-order valence-electron chi connectivity index (χ3n) is 7.14. The van der Waals surface area contributed by atoms with Gasteiger partial charge < -0.3 is 21.1 Å². The highest BCUT2D eigenvalue weighted by Crippen LogP contribution is 2.38. The first-order chi connectivity index (χ1) is 17.1. The molecule has 2 aliphatic rings. The second-order valence-corrected chi connectivity index (χ2v) is 9.60. The molecule has 2 aromatic carbocycles. The highest BCUT2D eigenvalue weighted by Gasteiger charge is 2.39. The molecule has 1 aliphatic carbocycles. The monoisotopic (exact) mass is 504 g/mol. The van der Waals surface area contributed by atoms with E-state index in [1.807, 2.05) is 24.3 Å². The molecule has 2 fully saturated rings. The Hall–Kier alpha value is -3.11. The number of halogens is 3. The lowest BCUT2D eigenvalue weighted by molar-refractivity contribution is -0.137. The maximum absolute atomic E-state index is 12.8. The van der Waals surface area contributed by atoms with Crippen molar-refractivity contribution in [3.05, 3.63) is 65.2 Å². The average Bonchev–Trinajstić information content (AvgIpc) is 2.85. The molecule has 2 amide bonds. The number of carbonyl (C=O) groups excluding carboxylic acids is 2. The van der Waals surface area contributed by atoms with E-state index in [1.165, 1.54) is 6.07 Å². The van der Waals surface area contributed by atoms with Crippen LogP contribution in [-0.2, 0) is 16.5 Å². The normalized spacial score (nSPS) is 23.0. The molecule has 1 saturated heterocycles. The van der Waals surface area contributed by atoms with Crippen molar-refractivity contribution >= 4 is 11.8 Å². The largest absolute Gasteiger partial charge is 0.497 e. The predicted octanol–water partition coefficient (Wildman–Crippen LogP) is 3.04. The molecular weight excluding hydrogens is 473 g/mol. The van der Waals surface area contributed by atoms with Gasteiger partial charge in [-0.1, -0.05) is 18.2 Å². The summed E-state index contributed by atoms with van der Waals surface area (Å²) in [5.74, 6) is -0.301. The van der Waals surface area contributed by atoms with Gasteiger partial charge in [0.15, 0.2) is 0 Å². The number of nitrogens with two attached hydrogens (primary N) is 1. The smallest absolute Gasteiger partial charge is 0.416 e. The number of alkyl halides is 3. The fourth-order valence-electron chi connectivity index (χ4n) is 4.98. The molecule has 194 valence electrons. The van der Waals surface area contributed by atoms with E-state index in [2.05, 4.69) is 15.5 Å². The minimum Gasteiger partial charge on any atom is -0.497 e. The molecule has 10 heteroatoms. The summed E-state index contributed by atoms with van der Waals surface area (Å²) in [5, 5.41) is 5.25. The van der Waals surface area contributed by atoms with Gasteiger partial charge in [-0.15, -0.1) is 0 Å². The van der Waals surface area contributed by atoms with Gasteiger partial charge >= 0.3 is 6.18 Å². The summed E-state index contributed by atoms with van der Waals surface area (Å²) in [6, 6.07) is 12.4. The first kappa shape index (κ1) is 26.0. The maximum atomic E-state index is 12.8. The van der Waals surface area contributed by atoms with Crippen molar-refractivity contribution in [3.8, 4) is 5.75 Å². The highest BCUT2D eigenvalue weighted by molar-refractivity contribution is 5.96. The topological polar surface area (TPSA) is 96.7 Å². The molecule has 4 rings (SSSR count). The van der Waals surface area contributed by atoms with Gasteiger partial charge in [0, 0.05) is 30.2 Å². The Balaban J connectivity index is 1.18. The molecule has 7 nitrogen and oxygen atoms in total. The third kappa shape index (κ3) is 5.99. The van der Waals surface area contributed by atoms with Crippen molar-refractivity contribution in [1.82, 2.24) is 15.5 Å². The number of hydrogen-bond donors (Lipinski definition) is 3. The molecular formula is C26H31F3N4O3. The third-order valence-corrected chi connectivity index (χ3v) is 7.14. The van der Waals surface area contributed by atoms with Crippen LogP contribution >= 0.6 is 0 Å².